The summed E-state index contributed by atoms with van der Waals surface area (Å²) in [5.41, 5.74) is 6.54. The van der Waals surface area contributed by atoms with E-state index >= 15 is 0 Å². The number of pyridine rings is 2. The average Bonchev–Trinajstić information content (AvgIpc) is 3.56. The number of aromatic amines is 1. The summed E-state index contributed by atoms with van der Waals surface area (Å²) in [5.74, 6) is -0.312. The van der Waals surface area contributed by atoms with Crippen molar-refractivity contribution < 1.29 is 18.0 Å². The molecule has 1 fully saturated rings. The lowest BCUT2D eigenvalue weighted by molar-refractivity contribution is -0.0688. The number of piperazine rings is 1. The standard InChI is InChI=1S/C30H36F3N7O2/c1-17-10-18(2)36-30(42)24(17)13-35-29(41)23-12-22-11-21(25-14-34-16-37(25)5)15-40(22)26(19(23)3)20(4)38-6-8-39(9-7-38)28(33)27(31)32/h10-12,14-16,20,27-28H,6-9,13H2,1-5H3,(H,35,41)(H,36,42). The topological polar surface area (TPSA) is 90.7 Å². The molecule has 4 aromatic rings. The Morgan fingerprint density at radius 3 is 2.38 bits per heavy atom. The van der Waals surface area contributed by atoms with Gasteiger partial charge in [0, 0.05) is 85.6 Å². The minimum atomic E-state index is -3.05. The quantitative estimate of drug-likeness (QED) is 0.305. The van der Waals surface area contributed by atoms with Crippen molar-refractivity contribution in [2.24, 2.45) is 7.05 Å². The van der Waals surface area contributed by atoms with Gasteiger partial charge in [-0.15, -0.1) is 0 Å². The van der Waals surface area contributed by atoms with Crippen LogP contribution in [0.3, 0.4) is 0 Å². The first-order valence-electron chi connectivity index (χ1n) is 14.0. The number of amides is 1. The Hall–Kier alpha value is -3.90. The number of carbonyl (C=O) groups excluding carboxylic acids is 1. The first kappa shape index (κ1) is 29.6. The van der Waals surface area contributed by atoms with Crippen molar-refractivity contribution in [3.05, 3.63) is 80.9 Å². The van der Waals surface area contributed by atoms with Crippen LogP contribution in [0, 0.1) is 20.8 Å². The van der Waals surface area contributed by atoms with Crippen molar-refractivity contribution >= 4 is 11.4 Å². The van der Waals surface area contributed by atoms with Crippen molar-refractivity contribution in [3.8, 4) is 11.3 Å². The molecule has 9 nitrogen and oxygen atoms in total. The fourth-order valence-electron chi connectivity index (χ4n) is 5.97. The molecular formula is C30H36F3N7O2. The highest BCUT2D eigenvalue weighted by molar-refractivity contribution is 5.97. The lowest BCUT2D eigenvalue weighted by atomic mass is 10.00. The molecule has 1 amide bonds. The van der Waals surface area contributed by atoms with Gasteiger partial charge in [-0.3, -0.25) is 19.4 Å². The molecule has 5 rings (SSSR count). The number of aromatic nitrogens is 4. The monoisotopic (exact) mass is 583 g/mol. The number of halogens is 3. The summed E-state index contributed by atoms with van der Waals surface area (Å²) in [6.07, 6.45) is 0.174. The van der Waals surface area contributed by atoms with E-state index < -0.39 is 12.7 Å². The van der Waals surface area contributed by atoms with Crippen LogP contribution in [-0.4, -0.2) is 73.5 Å². The molecule has 2 atom stereocenters. The molecule has 0 radical (unpaired) electrons. The summed E-state index contributed by atoms with van der Waals surface area (Å²) >= 11 is 0. The molecule has 4 aromatic heterocycles. The number of imidazole rings is 1. The molecule has 0 aromatic carbocycles. The fraction of sp³-hybridized carbons (Fsp3) is 0.433. The third-order valence-electron chi connectivity index (χ3n) is 8.32. The second kappa shape index (κ2) is 11.8. The van der Waals surface area contributed by atoms with E-state index in [0.717, 1.165) is 39.3 Å². The maximum absolute atomic E-state index is 14.0. The molecule has 2 N–H and O–H groups in total. The van der Waals surface area contributed by atoms with E-state index in [2.05, 4.69) is 24.6 Å². The van der Waals surface area contributed by atoms with Crippen LogP contribution in [0.4, 0.5) is 13.2 Å². The zero-order chi connectivity index (χ0) is 30.3. The van der Waals surface area contributed by atoms with Crippen molar-refractivity contribution in [1.29, 1.82) is 0 Å². The highest BCUT2D eigenvalue weighted by atomic mass is 19.3. The van der Waals surface area contributed by atoms with Crippen LogP contribution in [0.1, 0.15) is 51.4 Å². The summed E-state index contributed by atoms with van der Waals surface area (Å²) in [6.45, 7) is 8.78. The van der Waals surface area contributed by atoms with Crippen molar-refractivity contribution in [2.75, 3.05) is 26.2 Å². The van der Waals surface area contributed by atoms with Crippen LogP contribution < -0.4 is 10.9 Å². The molecule has 5 heterocycles. The molecule has 0 aliphatic carbocycles. The van der Waals surface area contributed by atoms with E-state index in [1.165, 1.54) is 4.90 Å². The van der Waals surface area contributed by atoms with E-state index in [9.17, 15) is 22.8 Å². The molecule has 224 valence electrons. The van der Waals surface area contributed by atoms with E-state index in [1.54, 1.807) is 12.5 Å². The summed E-state index contributed by atoms with van der Waals surface area (Å²) in [6, 6.07) is 5.49. The van der Waals surface area contributed by atoms with Gasteiger partial charge in [0.15, 0.2) is 0 Å². The van der Waals surface area contributed by atoms with Gasteiger partial charge >= 0.3 is 0 Å². The Kier molecular flexibility index (Phi) is 8.29. The lowest BCUT2D eigenvalue weighted by Gasteiger charge is -2.39. The van der Waals surface area contributed by atoms with Crippen LogP contribution in [0.5, 0.6) is 0 Å². The van der Waals surface area contributed by atoms with E-state index in [-0.39, 0.29) is 37.1 Å². The van der Waals surface area contributed by atoms with Crippen LogP contribution in [0.2, 0.25) is 0 Å². The molecule has 12 heteroatoms. The minimum absolute atomic E-state index is 0.0769. The number of alkyl halides is 3. The molecule has 1 saturated heterocycles. The summed E-state index contributed by atoms with van der Waals surface area (Å²) in [5, 5.41) is 2.92. The first-order valence-corrected chi connectivity index (χ1v) is 14.0. The molecular weight excluding hydrogens is 547 g/mol. The molecule has 0 spiro atoms. The fourth-order valence-corrected chi connectivity index (χ4v) is 5.97. The number of hydrogen-bond acceptors (Lipinski definition) is 5. The molecule has 42 heavy (non-hydrogen) atoms. The first-order chi connectivity index (χ1) is 20.0. The van der Waals surface area contributed by atoms with Crippen molar-refractivity contribution in [2.45, 2.75) is 53.0 Å². The Bertz CT molecular complexity index is 1670. The third kappa shape index (κ3) is 5.60. The third-order valence-corrected chi connectivity index (χ3v) is 8.32. The Balaban J connectivity index is 1.50. The highest BCUT2D eigenvalue weighted by Crippen LogP contribution is 2.32. The number of fused-ring (bicyclic) bond motifs is 1. The van der Waals surface area contributed by atoms with Crippen molar-refractivity contribution in [3.63, 3.8) is 0 Å². The highest BCUT2D eigenvalue weighted by Gasteiger charge is 2.33. The molecule has 1 aliphatic rings. The summed E-state index contributed by atoms with van der Waals surface area (Å²) in [7, 11) is 1.91. The van der Waals surface area contributed by atoms with Crippen LogP contribution in [0.25, 0.3) is 16.8 Å². The number of aryl methyl sites for hydroxylation is 3. The van der Waals surface area contributed by atoms with E-state index in [4.69, 9.17) is 0 Å². The Labute approximate surface area is 242 Å². The van der Waals surface area contributed by atoms with Crippen LogP contribution >= 0.6 is 0 Å². The van der Waals surface area contributed by atoms with Gasteiger partial charge in [-0.05, 0) is 57.0 Å². The SMILES string of the molecule is Cc1cc(C)c(CNC(=O)c2cc3cc(-c4cncn4C)cn3c(C(C)N3CCN(C(F)C(F)F)CC3)c2C)c(=O)[nH]1. The zero-order valence-corrected chi connectivity index (χ0v) is 24.4. The van der Waals surface area contributed by atoms with Crippen LogP contribution in [-0.2, 0) is 13.6 Å². The number of carbonyl (C=O) groups is 1. The van der Waals surface area contributed by atoms with Gasteiger partial charge in [0.05, 0.1) is 18.2 Å². The predicted molar refractivity (Wildman–Crippen MR) is 155 cm³/mol. The molecule has 0 bridgehead atoms. The second-order valence-corrected chi connectivity index (χ2v) is 11.1. The maximum Gasteiger partial charge on any atom is 0.282 e. The second-order valence-electron chi connectivity index (χ2n) is 11.1. The van der Waals surface area contributed by atoms with Gasteiger partial charge in [0.2, 0.25) is 6.30 Å². The van der Waals surface area contributed by atoms with Crippen molar-refractivity contribution in [1.82, 2.24) is 34.1 Å². The van der Waals surface area contributed by atoms with E-state index in [0.29, 0.717) is 24.2 Å². The Morgan fingerprint density at radius 1 is 1.07 bits per heavy atom. The van der Waals surface area contributed by atoms with Gasteiger partial charge in [-0.25, -0.2) is 18.2 Å². The lowest BCUT2D eigenvalue weighted by Crippen LogP contribution is -2.51. The van der Waals surface area contributed by atoms with Gasteiger partial charge in [-0.1, -0.05) is 0 Å². The number of rotatable bonds is 8. The van der Waals surface area contributed by atoms with Crippen LogP contribution in [0.15, 0.2) is 41.7 Å². The van der Waals surface area contributed by atoms with Gasteiger partial charge in [0.1, 0.15) is 0 Å². The average molecular weight is 584 g/mol. The number of hydrogen-bond donors (Lipinski definition) is 2. The number of nitrogens with one attached hydrogen (secondary N) is 2. The van der Waals surface area contributed by atoms with Gasteiger partial charge < -0.3 is 19.3 Å². The smallest absolute Gasteiger partial charge is 0.282 e. The van der Waals surface area contributed by atoms with E-state index in [1.807, 2.05) is 63.7 Å². The molecule has 1 aliphatic heterocycles. The summed E-state index contributed by atoms with van der Waals surface area (Å²) in [4.78, 5) is 36.5. The number of H-pyrrole nitrogens is 1. The predicted octanol–water partition coefficient (Wildman–Crippen LogP) is 4.12. The molecule has 2 unspecified atom stereocenters. The minimum Gasteiger partial charge on any atom is -0.348 e. The maximum atomic E-state index is 14.0. The largest absolute Gasteiger partial charge is 0.348 e. The Morgan fingerprint density at radius 2 is 1.76 bits per heavy atom. The zero-order valence-electron chi connectivity index (χ0n) is 24.4. The normalized spacial score (nSPS) is 16.3. The summed E-state index contributed by atoms with van der Waals surface area (Å²) < 4.78 is 43.9. The molecule has 0 saturated carbocycles. The van der Waals surface area contributed by atoms with Gasteiger partial charge in [0.25, 0.3) is 17.9 Å². The van der Waals surface area contributed by atoms with Gasteiger partial charge in [-0.2, -0.15) is 0 Å². The number of nitrogens with zero attached hydrogens (tertiary/aromatic N) is 5.